The SMILES string of the molecule is NCc1ccc(OCC(=O)Nc2ccc(F)c(F)c2)cc1. The Morgan fingerprint density at radius 3 is 2.43 bits per heavy atom. The fourth-order valence-corrected chi connectivity index (χ4v) is 1.64. The number of benzene rings is 2. The Hall–Kier alpha value is -2.47. The zero-order chi connectivity index (χ0) is 15.2. The van der Waals surface area contributed by atoms with Gasteiger partial charge in [-0.1, -0.05) is 12.1 Å². The summed E-state index contributed by atoms with van der Waals surface area (Å²) in [6.07, 6.45) is 0. The van der Waals surface area contributed by atoms with Gasteiger partial charge in [-0.05, 0) is 29.8 Å². The molecule has 0 unspecified atom stereocenters. The van der Waals surface area contributed by atoms with Crippen LogP contribution >= 0.6 is 0 Å². The molecule has 2 rings (SSSR count). The molecule has 110 valence electrons. The molecule has 0 atom stereocenters. The molecule has 2 aromatic rings. The molecule has 0 fully saturated rings. The Morgan fingerprint density at radius 2 is 1.81 bits per heavy atom. The van der Waals surface area contributed by atoms with Crippen LogP contribution in [0.15, 0.2) is 42.5 Å². The zero-order valence-electron chi connectivity index (χ0n) is 11.1. The number of nitrogens with two attached hydrogens (primary N) is 1. The van der Waals surface area contributed by atoms with Crippen molar-refractivity contribution >= 4 is 11.6 Å². The van der Waals surface area contributed by atoms with Gasteiger partial charge in [0.25, 0.3) is 5.91 Å². The Kier molecular flexibility index (Phi) is 4.84. The summed E-state index contributed by atoms with van der Waals surface area (Å²) in [5, 5.41) is 2.41. The first kappa shape index (κ1) is 14.9. The Morgan fingerprint density at radius 1 is 1.10 bits per heavy atom. The fraction of sp³-hybridized carbons (Fsp3) is 0.133. The minimum atomic E-state index is -1.02. The second-order valence-corrected chi connectivity index (χ2v) is 4.31. The first-order valence-corrected chi connectivity index (χ1v) is 6.25. The quantitative estimate of drug-likeness (QED) is 0.889. The summed E-state index contributed by atoms with van der Waals surface area (Å²) >= 11 is 0. The maximum absolute atomic E-state index is 13.0. The average Bonchev–Trinajstić information content (AvgIpc) is 2.49. The molecule has 2 aromatic carbocycles. The molecular formula is C15H14F2N2O2. The van der Waals surface area contributed by atoms with Crippen LogP contribution in [0.1, 0.15) is 5.56 Å². The zero-order valence-corrected chi connectivity index (χ0v) is 11.1. The van der Waals surface area contributed by atoms with Gasteiger partial charge in [-0.15, -0.1) is 0 Å². The van der Waals surface area contributed by atoms with Crippen LogP contribution in [0.25, 0.3) is 0 Å². The summed E-state index contributed by atoms with van der Waals surface area (Å²) in [5.74, 6) is -1.94. The van der Waals surface area contributed by atoms with E-state index in [2.05, 4.69) is 5.32 Å². The van der Waals surface area contributed by atoms with Crippen LogP contribution < -0.4 is 15.8 Å². The van der Waals surface area contributed by atoms with Crippen LogP contribution in [0, 0.1) is 11.6 Å². The predicted octanol–water partition coefficient (Wildman–Crippen LogP) is 2.44. The first-order chi connectivity index (χ1) is 10.1. The Bertz CT molecular complexity index is 630. The van der Waals surface area contributed by atoms with Gasteiger partial charge in [0.15, 0.2) is 18.2 Å². The van der Waals surface area contributed by atoms with Crippen molar-refractivity contribution in [2.24, 2.45) is 5.73 Å². The van der Waals surface area contributed by atoms with Crippen molar-refractivity contribution in [3.8, 4) is 5.75 Å². The number of carbonyl (C=O) groups is 1. The second kappa shape index (κ2) is 6.81. The van der Waals surface area contributed by atoms with Gasteiger partial charge in [-0.2, -0.15) is 0 Å². The highest BCUT2D eigenvalue weighted by atomic mass is 19.2. The minimum absolute atomic E-state index is 0.168. The number of rotatable bonds is 5. The Balaban J connectivity index is 1.87. The highest BCUT2D eigenvalue weighted by molar-refractivity contribution is 5.91. The number of halogens is 2. The van der Waals surface area contributed by atoms with Gasteiger partial charge in [-0.25, -0.2) is 8.78 Å². The fourth-order valence-electron chi connectivity index (χ4n) is 1.64. The summed E-state index contributed by atoms with van der Waals surface area (Å²) in [4.78, 5) is 11.6. The van der Waals surface area contributed by atoms with Gasteiger partial charge in [0, 0.05) is 18.3 Å². The molecule has 0 radical (unpaired) electrons. The number of hydrogen-bond donors (Lipinski definition) is 2. The molecule has 21 heavy (non-hydrogen) atoms. The van der Waals surface area contributed by atoms with E-state index in [0.29, 0.717) is 12.3 Å². The monoisotopic (exact) mass is 292 g/mol. The van der Waals surface area contributed by atoms with E-state index in [1.165, 1.54) is 6.07 Å². The molecule has 3 N–H and O–H groups in total. The van der Waals surface area contributed by atoms with Crippen LogP contribution in [-0.4, -0.2) is 12.5 Å². The lowest BCUT2D eigenvalue weighted by molar-refractivity contribution is -0.118. The molecular weight excluding hydrogens is 278 g/mol. The van der Waals surface area contributed by atoms with Crippen molar-refractivity contribution in [2.45, 2.75) is 6.54 Å². The largest absolute Gasteiger partial charge is 0.484 e. The molecule has 0 bridgehead atoms. The van der Waals surface area contributed by atoms with Crippen molar-refractivity contribution in [1.29, 1.82) is 0 Å². The third kappa shape index (κ3) is 4.25. The number of nitrogens with one attached hydrogen (secondary N) is 1. The van der Waals surface area contributed by atoms with E-state index >= 15 is 0 Å². The van der Waals surface area contributed by atoms with Gasteiger partial charge >= 0.3 is 0 Å². The van der Waals surface area contributed by atoms with E-state index in [-0.39, 0.29) is 12.3 Å². The van der Waals surface area contributed by atoms with E-state index in [9.17, 15) is 13.6 Å². The summed E-state index contributed by atoms with van der Waals surface area (Å²) in [6.45, 7) is 0.192. The van der Waals surface area contributed by atoms with Crippen molar-refractivity contribution in [1.82, 2.24) is 0 Å². The van der Waals surface area contributed by atoms with Gasteiger partial charge in [-0.3, -0.25) is 4.79 Å². The van der Waals surface area contributed by atoms with Crippen LogP contribution in [-0.2, 0) is 11.3 Å². The molecule has 0 aliphatic heterocycles. The van der Waals surface area contributed by atoms with Crippen molar-refractivity contribution in [2.75, 3.05) is 11.9 Å². The summed E-state index contributed by atoms with van der Waals surface area (Å²) in [7, 11) is 0. The van der Waals surface area contributed by atoms with E-state index in [4.69, 9.17) is 10.5 Å². The van der Waals surface area contributed by atoms with Gasteiger partial charge < -0.3 is 15.8 Å². The molecule has 4 nitrogen and oxygen atoms in total. The number of anilines is 1. The molecule has 0 saturated carbocycles. The van der Waals surface area contributed by atoms with Crippen LogP contribution in [0.5, 0.6) is 5.75 Å². The van der Waals surface area contributed by atoms with Crippen molar-refractivity contribution in [3.05, 3.63) is 59.7 Å². The lowest BCUT2D eigenvalue weighted by atomic mass is 10.2. The predicted molar refractivity (Wildman–Crippen MR) is 74.8 cm³/mol. The van der Waals surface area contributed by atoms with Crippen LogP contribution in [0.2, 0.25) is 0 Å². The average molecular weight is 292 g/mol. The lowest BCUT2D eigenvalue weighted by Crippen LogP contribution is -2.20. The third-order valence-corrected chi connectivity index (χ3v) is 2.73. The highest BCUT2D eigenvalue weighted by Gasteiger charge is 2.07. The van der Waals surface area contributed by atoms with E-state index in [0.717, 1.165) is 17.7 Å². The Labute approximate surface area is 120 Å². The summed E-state index contributed by atoms with van der Waals surface area (Å²) < 4.78 is 31.0. The highest BCUT2D eigenvalue weighted by Crippen LogP contribution is 2.14. The summed E-state index contributed by atoms with van der Waals surface area (Å²) in [6, 6.07) is 10.1. The smallest absolute Gasteiger partial charge is 0.262 e. The molecule has 0 heterocycles. The maximum Gasteiger partial charge on any atom is 0.262 e. The van der Waals surface area contributed by atoms with Crippen molar-refractivity contribution in [3.63, 3.8) is 0 Å². The number of hydrogen-bond acceptors (Lipinski definition) is 3. The lowest BCUT2D eigenvalue weighted by Gasteiger charge is -2.08. The number of carbonyl (C=O) groups excluding carboxylic acids is 1. The van der Waals surface area contributed by atoms with E-state index in [1.807, 2.05) is 0 Å². The van der Waals surface area contributed by atoms with Gasteiger partial charge in [0.05, 0.1) is 0 Å². The molecule has 0 aromatic heterocycles. The first-order valence-electron chi connectivity index (χ1n) is 6.25. The van der Waals surface area contributed by atoms with Gasteiger partial charge in [0.1, 0.15) is 5.75 Å². The second-order valence-electron chi connectivity index (χ2n) is 4.31. The van der Waals surface area contributed by atoms with Crippen LogP contribution in [0.3, 0.4) is 0 Å². The molecule has 0 saturated heterocycles. The third-order valence-electron chi connectivity index (χ3n) is 2.73. The van der Waals surface area contributed by atoms with Gasteiger partial charge in [0.2, 0.25) is 0 Å². The standard InChI is InChI=1S/C15H14F2N2O2/c16-13-6-3-11(7-14(13)17)19-15(20)9-21-12-4-1-10(8-18)2-5-12/h1-7H,8-9,18H2,(H,19,20). The molecule has 0 spiro atoms. The van der Waals surface area contributed by atoms with E-state index in [1.54, 1.807) is 24.3 Å². The summed E-state index contributed by atoms with van der Waals surface area (Å²) in [5.41, 5.74) is 6.59. The normalized spacial score (nSPS) is 10.2. The number of ether oxygens (including phenoxy) is 1. The van der Waals surface area contributed by atoms with Crippen LogP contribution in [0.4, 0.5) is 14.5 Å². The molecule has 1 amide bonds. The van der Waals surface area contributed by atoms with E-state index < -0.39 is 17.5 Å². The maximum atomic E-state index is 13.0. The minimum Gasteiger partial charge on any atom is -0.484 e. The number of amides is 1. The molecule has 6 heteroatoms. The molecule has 0 aliphatic carbocycles. The topological polar surface area (TPSA) is 64.3 Å². The molecule has 0 aliphatic rings. The van der Waals surface area contributed by atoms with Crippen molar-refractivity contribution < 1.29 is 18.3 Å².